The Bertz CT molecular complexity index is 977. The molecule has 1 aliphatic rings. The van der Waals surface area contributed by atoms with Gasteiger partial charge in [0.2, 0.25) is 0 Å². The third-order valence-electron chi connectivity index (χ3n) is 5.12. The van der Waals surface area contributed by atoms with E-state index >= 15 is 0 Å². The van der Waals surface area contributed by atoms with E-state index in [-0.39, 0.29) is 12.4 Å². The van der Waals surface area contributed by atoms with Crippen molar-refractivity contribution in [2.45, 2.75) is 6.92 Å². The molecule has 0 saturated carbocycles. The molecule has 0 amide bonds. The molecule has 1 aromatic heterocycles. The van der Waals surface area contributed by atoms with Gasteiger partial charge in [-0.1, -0.05) is 24.3 Å². The fourth-order valence-electron chi connectivity index (χ4n) is 3.49. The Morgan fingerprint density at radius 1 is 1.04 bits per heavy atom. The maximum Gasteiger partial charge on any atom is 0.167 e. The highest BCUT2D eigenvalue weighted by molar-refractivity contribution is 5.95. The second-order valence-electron chi connectivity index (χ2n) is 7.36. The molecule has 0 spiro atoms. The van der Waals surface area contributed by atoms with Gasteiger partial charge in [-0.15, -0.1) is 0 Å². The smallest absolute Gasteiger partial charge is 0.167 e. The lowest BCUT2D eigenvalue weighted by Crippen LogP contribution is -2.44. The lowest BCUT2D eigenvalue weighted by atomic mass is 10.1. The molecule has 2 heterocycles. The number of pyridine rings is 1. The van der Waals surface area contributed by atoms with Crippen LogP contribution in [0.15, 0.2) is 54.6 Å². The summed E-state index contributed by atoms with van der Waals surface area (Å²) >= 11 is 0. The number of benzene rings is 2. The Morgan fingerprint density at radius 2 is 1.75 bits per heavy atom. The first-order valence-electron chi connectivity index (χ1n) is 9.66. The molecule has 144 valence electrons. The summed E-state index contributed by atoms with van der Waals surface area (Å²) in [5, 5.41) is 2.38. The fraction of sp³-hybridized carbons (Fsp3) is 0.304. The van der Waals surface area contributed by atoms with E-state index in [0.29, 0.717) is 5.75 Å². The molecule has 1 aliphatic heterocycles. The minimum Gasteiger partial charge on any atom is -0.486 e. The molecule has 1 saturated heterocycles. The minimum atomic E-state index is 0.0112. The number of hydrogen-bond acceptors (Lipinski definition) is 5. The maximum absolute atomic E-state index is 11.1. The Kier molecular flexibility index (Phi) is 5.26. The summed E-state index contributed by atoms with van der Waals surface area (Å²) in [5.74, 6) is 1.76. The van der Waals surface area contributed by atoms with Crippen molar-refractivity contribution < 1.29 is 9.53 Å². The summed E-state index contributed by atoms with van der Waals surface area (Å²) in [7, 11) is 2.16. The van der Waals surface area contributed by atoms with Crippen molar-refractivity contribution in [3.8, 4) is 17.0 Å². The maximum atomic E-state index is 11.1. The van der Waals surface area contributed by atoms with E-state index in [4.69, 9.17) is 9.72 Å². The van der Waals surface area contributed by atoms with Gasteiger partial charge in [-0.3, -0.25) is 4.79 Å². The van der Waals surface area contributed by atoms with Crippen molar-refractivity contribution in [1.82, 2.24) is 9.88 Å². The summed E-state index contributed by atoms with van der Waals surface area (Å²) in [6, 6.07) is 18.4. The molecule has 28 heavy (non-hydrogen) atoms. The number of ether oxygens (including phenoxy) is 1. The zero-order valence-corrected chi connectivity index (χ0v) is 16.4. The van der Waals surface area contributed by atoms with E-state index in [9.17, 15) is 4.79 Å². The van der Waals surface area contributed by atoms with Crippen molar-refractivity contribution >= 4 is 22.4 Å². The number of carbonyl (C=O) groups is 1. The normalized spacial score (nSPS) is 15.0. The standard InChI is InChI=1S/C23H25N3O2/c1-17(27)16-28-20-9-7-18(8-10-20)22-15-19-5-3-4-6-21(19)23(24-22)26-13-11-25(2)12-14-26/h3-10,15H,11-14,16H2,1-2H3. The molecule has 2 aromatic carbocycles. The number of piperazine rings is 1. The first-order chi connectivity index (χ1) is 13.6. The van der Waals surface area contributed by atoms with Gasteiger partial charge in [0.1, 0.15) is 18.2 Å². The van der Waals surface area contributed by atoms with Gasteiger partial charge in [0.05, 0.1) is 5.69 Å². The van der Waals surface area contributed by atoms with Gasteiger partial charge in [0.25, 0.3) is 0 Å². The van der Waals surface area contributed by atoms with E-state index < -0.39 is 0 Å². The fourth-order valence-corrected chi connectivity index (χ4v) is 3.49. The molecule has 0 radical (unpaired) electrons. The summed E-state index contributed by atoms with van der Waals surface area (Å²) in [6.07, 6.45) is 0. The Morgan fingerprint density at radius 3 is 2.46 bits per heavy atom. The quantitative estimate of drug-likeness (QED) is 0.682. The molecule has 0 N–H and O–H groups in total. The number of nitrogens with zero attached hydrogens (tertiary/aromatic N) is 3. The number of hydrogen-bond donors (Lipinski definition) is 0. The molecule has 5 nitrogen and oxygen atoms in total. The van der Waals surface area contributed by atoms with Crippen LogP contribution in [0.25, 0.3) is 22.0 Å². The van der Waals surface area contributed by atoms with Crippen molar-refractivity contribution in [3.05, 3.63) is 54.6 Å². The van der Waals surface area contributed by atoms with Crippen LogP contribution in [0.4, 0.5) is 5.82 Å². The average molecular weight is 375 g/mol. The van der Waals surface area contributed by atoms with Crippen molar-refractivity contribution in [2.75, 3.05) is 44.7 Å². The zero-order valence-electron chi connectivity index (χ0n) is 16.4. The molecule has 0 bridgehead atoms. The van der Waals surface area contributed by atoms with Crippen LogP contribution < -0.4 is 9.64 Å². The van der Waals surface area contributed by atoms with E-state index in [1.807, 2.05) is 24.3 Å². The van der Waals surface area contributed by atoms with Crippen LogP contribution in [0.3, 0.4) is 0 Å². The number of ketones is 1. The number of Topliss-reactive ketones (excluding diaryl/α,β-unsaturated/α-hetero) is 1. The van der Waals surface area contributed by atoms with Crippen LogP contribution in [0.1, 0.15) is 6.92 Å². The van der Waals surface area contributed by atoms with Crippen molar-refractivity contribution in [3.63, 3.8) is 0 Å². The van der Waals surface area contributed by atoms with Crippen LogP contribution in [-0.2, 0) is 4.79 Å². The first-order valence-corrected chi connectivity index (χ1v) is 9.66. The minimum absolute atomic E-state index is 0.0112. The summed E-state index contributed by atoms with van der Waals surface area (Å²) in [5.41, 5.74) is 1.99. The summed E-state index contributed by atoms with van der Waals surface area (Å²) in [6.45, 7) is 5.67. The SMILES string of the molecule is CC(=O)COc1ccc(-c2cc3ccccc3c(N3CCN(C)CC3)n2)cc1. The highest BCUT2D eigenvalue weighted by Gasteiger charge is 2.18. The molecule has 0 atom stereocenters. The molecule has 0 aliphatic carbocycles. The molecular weight excluding hydrogens is 350 g/mol. The van der Waals surface area contributed by atoms with Gasteiger partial charge >= 0.3 is 0 Å². The highest BCUT2D eigenvalue weighted by atomic mass is 16.5. The van der Waals surface area contributed by atoms with E-state index in [0.717, 1.165) is 43.3 Å². The van der Waals surface area contributed by atoms with E-state index in [1.165, 1.54) is 17.7 Å². The van der Waals surface area contributed by atoms with Gasteiger partial charge < -0.3 is 14.5 Å². The van der Waals surface area contributed by atoms with Crippen LogP contribution in [-0.4, -0.2) is 55.5 Å². The monoisotopic (exact) mass is 375 g/mol. The second-order valence-corrected chi connectivity index (χ2v) is 7.36. The topological polar surface area (TPSA) is 45.7 Å². The number of carbonyl (C=O) groups excluding carboxylic acids is 1. The van der Waals surface area contributed by atoms with Gasteiger partial charge in [0, 0.05) is 37.1 Å². The van der Waals surface area contributed by atoms with Crippen molar-refractivity contribution in [1.29, 1.82) is 0 Å². The average Bonchev–Trinajstić information content (AvgIpc) is 2.72. The van der Waals surface area contributed by atoms with Gasteiger partial charge in [-0.25, -0.2) is 4.98 Å². The zero-order chi connectivity index (χ0) is 19.5. The van der Waals surface area contributed by atoms with Gasteiger partial charge in [0.15, 0.2) is 5.78 Å². The summed E-state index contributed by atoms with van der Waals surface area (Å²) < 4.78 is 5.47. The third-order valence-corrected chi connectivity index (χ3v) is 5.12. The van der Waals surface area contributed by atoms with E-state index in [1.54, 1.807) is 0 Å². The molecule has 1 fully saturated rings. The molecule has 0 unspecified atom stereocenters. The third kappa shape index (κ3) is 3.99. The Balaban J connectivity index is 1.68. The van der Waals surface area contributed by atoms with Crippen LogP contribution in [0.2, 0.25) is 0 Å². The van der Waals surface area contributed by atoms with E-state index in [2.05, 4.69) is 47.2 Å². The Labute approximate surface area is 165 Å². The summed E-state index contributed by atoms with van der Waals surface area (Å²) in [4.78, 5) is 20.9. The lowest BCUT2D eigenvalue weighted by molar-refractivity contribution is -0.118. The molecular formula is C23H25N3O2. The number of likely N-dealkylation sites (N-methyl/N-ethyl adjacent to an activating group) is 1. The lowest BCUT2D eigenvalue weighted by Gasteiger charge is -2.34. The number of fused-ring (bicyclic) bond motifs is 1. The molecule has 3 aromatic rings. The predicted molar refractivity (Wildman–Crippen MR) is 113 cm³/mol. The largest absolute Gasteiger partial charge is 0.486 e. The highest BCUT2D eigenvalue weighted by Crippen LogP contribution is 2.31. The van der Waals surface area contributed by atoms with Gasteiger partial charge in [-0.05, 0) is 49.7 Å². The molecule has 4 rings (SSSR count). The Hall–Kier alpha value is -2.92. The van der Waals surface area contributed by atoms with Crippen LogP contribution in [0.5, 0.6) is 5.75 Å². The van der Waals surface area contributed by atoms with Crippen LogP contribution >= 0.6 is 0 Å². The predicted octanol–water partition coefficient (Wildman–Crippen LogP) is 3.62. The van der Waals surface area contributed by atoms with Crippen molar-refractivity contribution in [2.24, 2.45) is 0 Å². The molecule has 5 heteroatoms. The second kappa shape index (κ2) is 7.98. The number of rotatable bonds is 5. The van der Waals surface area contributed by atoms with Gasteiger partial charge in [-0.2, -0.15) is 0 Å². The number of aromatic nitrogens is 1. The number of anilines is 1. The first kappa shape index (κ1) is 18.4. The van der Waals surface area contributed by atoms with Crippen LogP contribution in [0, 0.1) is 0 Å².